The highest BCUT2D eigenvalue weighted by Crippen LogP contribution is 2.28. The third kappa shape index (κ3) is 5.16. The first-order valence-corrected chi connectivity index (χ1v) is 12.2. The Balaban J connectivity index is 1.85. The number of anilines is 2. The van der Waals surface area contributed by atoms with Crippen LogP contribution in [0.25, 0.3) is 10.6 Å². The molecule has 0 spiro atoms. The van der Waals surface area contributed by atoms with Crippen LogP contribution in [0, 0.1) is 6.92 Å². The number of carbonyl (C=O) groups is 1. The number of aryl methyl sites for hydroxylation is 1. The molecule has 0 saturated carbocycles. The van der Waals surface area contributed by atoms with Crippen molar-refractivity contribution in [2.24, 2.45) is 0 Å². The molecule has 2 aromatic carbocycles. The molecule has 0 saturated heterocycles. The van der Waals surface area contributed by atoms with Crippen LogP contribution in [0.15, 0.2) is 48.5 Å². The highest BCUT2D eigenvalue weighted by molar-refractivity contribution is 7.92. The van der Waals surface area contributed by atoms with Crippen LogP contribution in [-0.4, -0.2) is 36.8 Å². The molecule has 1 amide bonds. The Labute approximate surface area is 184 Å². The molecule has 10 heteroatoms. The fourth-order valence-corrected chi connectivity index (χ4v) is 5.08. The minimum Gasteiger partial charge on any atom is -0.299 e. The van der Waals surface area contributed by atoms with Gasteiger partial charge in [0, 0.05) is 10.6 Å². The lowest BCUT2D eigenvalue weighted by Gasteiger charge is -2.30. The normalized spacial score (nSPS) is 12.4. The van der Waals surface area contributed by atoms with Crippen molar-refractivity contribution in [3.8, 4) is 10.6 Å². The van der Waals surface area contributed by atoms with E-state index in [1.54, 1.807) is 37.3 Å². The number of amides is 1. The fourth-order valence-electron chi connectivity index (χ4n) is 3.00. The molecular formula is C20H21ClN4O3S2. The van der Waals surface area contributed by atoms with E-state index in [9.17, 15) is 13.2 Å². The minimum atomic E-state index is -3.70. The Kier molecular flexibility index (Phi) is 6.74. The van der Waals surface area contributed by atoms with Crippen molar-refractivity contribution in [3.05, 3.63) is 59.1 Å². The maximum absolute atomic E-state index is 13.0. The Morgan fingerprint density at radius 2 is 1.90 bits per heavy atom. The van der Waals surface area contributed by atoms with Crippen molar-refractivity contribution in [2.45, 2.75) is 26.3 Å². The molecule has 3 aromatic rings. The van der Waals surface area contributed by atoms with Crippen molar-refractivity contribution in [2.75, 3.05) is 15.9 Å². The SMILES string of the molecule is CCC(C(=O)Nc1nnc(-c2ccc(Cl)cc2)s1)N(c1cccc(C)c1)S(C)(=O)=O. The number of carbonyl (C=O) groups excluding carboxylic acids is 1. The van der Waals surface area contributed by atoms with Crippen LogP contribution in [0.2, 0.25) is 5.02 Å². The summed E-state index contributed by atoms with van der Waals surface area (Å²) in [5.41, 5.74) is 2.16. The third-order valence-electron chi connectivity index (χ3n) is 4.33. The van der Waals surface area contributed by atoms with Crippen LogP contribution in [0.3, 0.4) is 0 Å². The van der Waals surface area contributed by atoms with Gasteiger partial charge >= 0.3 is 0 Å². The van der Waals surface area contributed by atoms with Gasteiger partial charge in [0.15, 0.2) is 0 Å². The van der Waals surface area contributed by atoms with E-state index in [1.165, 1.54) is 11.3 Å². The number of hydrogen-bond acceptors (Lipinski definition) is 6. The van der Waals surface area contributed by atoms with Gasteiger partial charge in [0.1, 0.15) is 11.0 Å². The Hall–Kier alpha value is -2.49. The van der Waals surface area contributed by atoms with Gasteiger partial charge in [0.25, 0.3) is 0 Å². The van der Waals surface area contributed by atoms with E-state index in [1.807, 2.05) is 25.1 Å². The average molecular weight is 465 g/mol. The van der Waals surface area contributed by atoms with Crippen molar-refractivity contribution in [3.63, 3.8) is 0 Å². The summed E-state index contributed by atoms with van der Waals surface area (Å²) in [6.07, 6.45) is 1.38. The quantitative estimate of drug-likeness (QED) is 0.561. The van der Waals surface area contributed by atoms with Crippen molar-refractivity contribution in [1.29, 1.82) is 0 Å². The predicted octanol–water partition coefficient (Wildman–Crippen LogP) is 4.35. The first-order valence-electron chi connectivity index (χ1n) is 9.15. The fraction of sp³-hybridized carbons (Fsp3) is 0.250. The molecule has 1 unspecified atom stereocenters. The van der Waals surface area contributed by atoms with Gasteiger partial charge in [-0.05, 0) is 43.2 Å². The second-order valence-corrected chi connectivity index (χ2v) is 10.0. The molecule has 158 valence electrons. The van der Waals surface area contributed by atoms with Gasteiger partial charge < -0.3 is 0 Å². The highest BCUT2D eigenvalue weighted by atomic mass is 35.5. The molecule has 1 aromatic heterocycles. The van der Waals surface area contributed by atoms with E-state index in [4.69, 9.17) is 11.6 Å². The van der Waals surface area contributed by atoms with E-state index < -0.39 is 22.0 Å². The van der Waals surface area contributed by atoms with E-state index in [2.05, 4.69) is 15.5 Å². The summed E-state index contributed by atoms with van der Waals surface area (Å²) in [4.78, 5) is 13.0. The van der Waals surface area contributed by atoms with E-state index >= 15 is 0 Å². The molecule has 0 aliphatic heterocycles. The summed E-state index contributed by atoms with van der Waals surface area (Å²) in [5, 5.41) is 12.3. The number of nitrogens with one attached hydrogen (secondary N) is 1. The topological polar surface area (TPSA) is 92.3 Å². The van der Waals surface area contributed by atoms with Crippen molar-refractivity contribution >= 4 is 49.7 Å². The van der Waals surface area contributed by atoms with Crippen LogP contribution in [0.5, 0.6) is 0 Å². The molecule has 1 heterocycles. The highest BCUT2D eigenvalue weighted by Gasteiger charge is 2.32. The lowest BCUT2D eigenvalue weighted by atomic mass is 10.1. The molecular weight excluding hydrogens is 444 g/mol. The number of nitrogens with zero attached hydrogens (tertiary/aromatic N) is 3. The van der Waals surface area contributed by atoms with Gasteiger partial charge in [-0.1, -0.05) is 54.1 Å². The number of halogens is 1. The van der Waals surface area contributed by atoms with Gasteiger partial charge in [0.05, 0.1) is 11.9 Å². The molecule has 0 radical (unpaired) electrons. The summed E-state index contributed by atoms with van der Waals surface area (Å²) in [6, 6.07) is 13.2. The van der Waals surface area contributed by atoms with Crippen LogP contribution < -0.4 is 9.62 Å². The lowest BCUT2D eigenvalue weighted by molar-refractivity contribution is -0.117. The molecule has 7 nitrogen and oxygen atoms in total. The largest absolute Gasteiger partial charge is 0.299 e. The maximum atomic E-state index is 13.0. The molecule has 0 bridgehead atoms. The number of aromatic nitrogens is 2. The van der Waals surface area contributed by atoms with Gasteiger partial charge in [-0.2, -0.15) is 0 Å². The minimum absolute atomic E-state index is 0.287. The van der Waals surface area contributed by atoms with Gasteiger partial charge in [0.2, 0.25) is 21.1 Å². The van der Waals surface area contributed by atoms with E-state index in [0.717, 1.165) is 21.7 Å². The Bertz CT molecular complexity index is 1150. The summed E-state index contributed by atoms with van der Waals surface area (Å²) in [5.74, 6) is -0.469. The zero-order valence-electron chi connectivity index (χ0n) is 16.7. The first kappa shape index (κ1) is 22.2. The van der Waals surface area contributed by atoms with E-state index in [0.29, 0.717) is 20.8 Å². The Morgan fingerprint density at radius 3 is 2.50 bits per heavy atom. The molecule has 0 aliphatic carbocycles. The molecule has 0 fully saturated rings. The zero-order chi connectivity index (χ0) is 21.9. The van der Waals surface area contributed by atoms with Crippen molar-refractivity contribution in [1.82, 2.24) is 10.2 Å². The zero-order valence-corrected chi connectivity index (χ0v) is 19.1. The smallest absolute Gasteiger partial charge is 0.250 e. The summed E-state index contributed by atoms with van der Waals surface area (Å²) in [7, 11) is -3.70. The number of benzene rings is 2. The number of sulfonamides is 1. The van der Waals surface area contributed by atoms with Crippen LogP contribution in [-0.2, 0) is 14.8 Å². The monoisotopic (exact) mass is 464 g/mol. The van der Waals surface area contributed by atoms with Crippen molar-refractivity contribution < 1.29 is 13.2 Å². The molecule has 30 heavy (non-hydrogen) atoms. The lowest BCUT2D eigenvalue weighted by Crippen LogP contribution is -2.47. The van der Waals surface area contributed by atoms with Crippen LogP contribution in [0.4, 0.5) is 10.8 Å². The third-order valence-corrected chi connectivity index (χ3v) is 6.65. The van der Waals surface area contributed by atoms with Gasteiger partial charge in [-0.3, -0.25) is 14.4 Å². The number of rotatable bonds is 7. The molecule has 1 atom stereocenters. The summed E-state index contributed by atoms with van der Waals surface area (Å²) >= 11 is 7.11. The Morgan fingerprint density at radius 1 is 1.20 bits per heavy atom. The van der Waals surface area contributed by atoms with Gasteiger partial charge in [-0.15, -0.1) is 10.2 Å². The summed E-state index contributed by atoms with van der Waals surface area (Å²) in [6.45, 7) is 3.63. The molecule has 1 N–H and O–H groups in total. The summed E-state index contributed by atoms with van der Waals surface area (Å²) < 4.78 is 26.2. The van der Waals surface area contributed by atoms with Crippen LogP contribution in [0.1, 0.15) is 18.9 Å². The first-order chi connectivity index (χ1) is 14.2. The van der Waals surface area contributed by atoms with Gasteiger partial charge in [-0.25, -0.2) is 8.42 Å². The standard InChI is InChI=1S/C20H21ClN4O3S2/c1-4-17(25(30(3,27)28)16-7-5-6-13(2)12-16)18(26)22-20-24-23-19(29-20)14-8-10-15(21)11-9-14/h5-12,17H,4H2,1-3H3,(H,22,24,26). The average Bonchev–Trinajstić information content (AvgIpc) is 3.13. The second kappa shape index (κ2) is 9.11. The maximum Gasteiger partial charge on any atom is 0.250 e. The molecule has 0 aliphatic rings. The number of hydrogen-bond donors (Lipinski definition) is 1. The van der Waals surface area contributed by atoms with E-state index in [-0.39, 0.29) is 6.42 Å². The second-order valence-electron chi connectivity index (χ2n) is 6.73. The predicted molar refractivity (Wildman–Crippen MR) is 122 cm³/mol. The van der Waals surface area contributed by atoms with Crippen LogP contribution >= 0.6 is 22.9 Å². The molecule has 3 rings (SSSR count).